The molecular weight excluding hydrogens is 564 g/mol. The Balaban J connectivity index is 1.14. The summed E-state index contributed by atoms with van der Waals surface area (Å²) >= 11 is 0. The van der Waals surface area contributed by atoms with Crippen LogP contribution in [0.4, 0.5) is 21.9 Å². The van der Waals surface area contributed by atoms with Crippen molar-refractivity contribution in [1.82, 2.24) is 15.2 Å². The number of hydrogen-bond acceptors (Lipinski definition) is 9. The first-order valence-electron chi connectivity index (χ1n) is 15.2. The molecule has 44 heavy (non-hydrogen) atoms. The van der Waals surface area contributed by atoms with Crippen LogP contribution in [0.25, 0.3) is 0 Å². The number of oxazole rings is 1. The van der Waals surface area contributed by atoms with E-state index in [9.17, 15) is 19.5 Å². The third kappa shape index (κ3) is 6.49. The van der Waals surface area contributed by atoms with Crippen LogP contribution in [0, 0.1) is 6.92 Å². The van der Waals surface area contributed by atoms with Gasteiger partial charge in [-0.3, -0.25) is 14.5 Å². The lowest BCUT2D eigenvalue weighted by Gasteiger charge is -2.38. The van der Waals surface area contributed by atoms with Gasteiger partial charge in [0.25, 0.3) is 11.8 Å². The maximum atomic E-state index is 13.3. The zero-order valence-electron chi connectivity index (χ0n) is 24.8. The first-order valence-corrected chi connectivity index (χ1v) is 15.2. The molecule has 3 heterocycles. The van der Waals surface area contributed by atoms with Gasteiger partial charge in [0.15, 0.2) is 11.6 Å². The monoisotopic (exact) mass is 602 g/mol. The Bertz CT molecular complexity index is 1510. The second kappa shape index (κ2) is 13.0. The van der Waals surface area contributed by atoms with Crippen molar-refractivity contribution >= 4 is 35.0 Å². The Morgan fingerprint density at radius 2 is 1.77 bits per heavy atom. The van der Waals surface area contributed by atoms with E-state index in [2.05, 4.69) is 50.5 Å². The molecule has 1 aromatic heterocycles. The normalized spacial score (nSPS) is 18.4. The van der Waals surface area contributed by atoms with Crippen LogP contribution in [0.1, 0.15) is 57.5 Å². The molecule has 3 N–H and O–H groups in total. The summed E-state index contributed by atoms with van der Waals surface area (Å²) in [5.74, 6) is 0.183. The van der Waals surface area contributed by atoms with Crippen molar-refractivity contribution in [1.29, 1.82) is 0 Å². The standard InChI is InChI=1S/C32H38N6O6/c1-21-5-2-3-6-27(21)36-13-15-37(16-14-36)28-10-9-23(29(40)33-11-4-12-38-24(18-39)19-44-32(38)42)17-25(28)34-30(41)26-20-43-31(35-26)22-7-8-22/h2-3,5-6,9-10,17,20,22,24,39H,4,7-8,11-16,18-19H2,1H3,(H,33,40)(H,34,41)/t24-/m1/s1. The minimum atomic E-state index is -0.456. The van der Waals surface area contributed by atoms with E-state index in [-0.39, 0.29) is 36.8 Å². The molecule has 232 valence electrons. The fourth-order valence-electron chi connectivity index (χ4n) is 5.72. The van der Waals surface area contributed by atoms with Gasteiger partial charge in [-0.25, -0.2) is 9.78 Å². The molecule has 1 aliphatic carbocycles. The molecule has 0 spiro atoms. The van der Waals surface area contributed by atoms with Crippen molar-refractivity contribution in [2.45, 2.75) is 38.1 Å². The fourth-order valence-corrected chi connectivity index (χ4v) is 5.72. The van der Waals surface area contributed by atoms with Crippen LogP contribution in [0.15, 0.2) is 53.1 Å². The smallest absolute Gasteiger partial charge is 0.410 e. The molecule has 12 nitrogen and oxygen atoms in total. The Morgan fingerprint density at radius 3 is 2.50 bits per heavy atom. The second-order valence-corrected chi connectivity index (χ2v) is 11.5. The number of anilines is 3. The van der Waals surface area contributed by atoms with Gasteiger partial charge in [0.1, 0.15) is 12.9 Å². The Kier molecular flexibility index (Phi) is 8.69. The third-order valence-electron chi connectivity index (χ3n) is 8.41. The molecule has 3 aromatic rings. The van der Waals surface area contributed by atoms with Crippen LogP contribution in [0.2, 0.25) is 0 Å². The minimum Gasteiger partial charge on any atom is -0.448 e. The predicted octanol–water partition coefficient (Wildman–Crippen LogP) is 3.37. The first kappa shape index (κ1) is 29.5. The van der Waals surface area contributed by atoms with Gasteiger partial charge in [0.2, 0.25) is 0 Å². The average molecular weight is 603 g/mol. The molecule has 12 heteroatoms. The summed E-state index contributed by atoms with van der Waals surface area (Å²) < 4.78 is 10.5. The summed E-state index contributed by atoms with van der Waals surface area (Å²) in [6.07, 6.45) is 3.46. The van der Waals surface area contributed by atoms with Crippen LogP contribution < -0.4 is 20.4 Å². The molecule has 3 amide bonds. The van der Waals surface area contributed by atoms with Gasteiger partial charge >= 0.3 is 6.09 Å². The van der Waals surface area contributed by atoms with Gasteiger partial charge in [0.05, 0.1) is 24.0 Å². The Morgan fingerprint density at radius 1 is 1.02 bits per heavy atom. The number of piperazine rings is 1. The van der Waals surface area contributed by atoms with E-state index in [0.717, 1.165) is 44.7 Å². The topological polar surface area (TPSA) is 140 Å². The van der Waals surface area contributed by atoms with E-state index in [1.165, 1.54) is 22.4 Å². The number of ether oxygens (including phenoxy) is 1. The molecule has 6 rings (SSSR count). The van der Waals surface area contributed by atoms with Crippen molar-refractivity contribution in [2.75, 3.05) is 67.6 Å². The van der Waals surface area contributed by atoms with Gasteiger partial charge in [-0.2, -0.15) is 0 Å². The van der Waals surface area contributed by atoms with E-state index in [1.54, 1.807) is 12.1 Å². The van der Waals surface area contributed by atoms with Gasteiger partial charge in [-0.15, -0.1) is 0 Å². The highest BCUT2D eigenvalue weighted by Gasteiger charge is 2.32. The lowest BCUT2D eigenvalue weighted by molar-refractivity contribution is 0.0949. The van der Waals surface area contributed by atoms with Gasteiger partial charge in [0, 0.05) is 56.4 Å². The van der Waals surface area contributed by atoms with Crippen molar-refractivity contribution in [3.05, 3.63) is 71.4 Å². The van der Waals surface area contributed by atoms with Crippen molar-refractivity contribution in [2.24, 2.45) is 0 Å². The molecule has 1 atom stereocenters. The number of nitrogens with one attached hydrogen (secondary N) is 2. The van der Waals surface area contributed by atoms with E-state index in [0.29, 0.717) is 36.7 Å². The highest BCUT2D eigenvalue weighted by molar-refractivity contribution is 6.06. The number of aryl methyl sites for hydroxylation is 1. The molecule has 2 aliphatic heterocycles. The lowest BCUT2D eigenvalue weighted by atomic mass is 10.1. The molecule has 3 fully saturated rings. The second-order valence-electron chi connectivity index (χ2n) is 11.5. The summed E-state index contributed by atoms with van der Waals surface area (Å²) in [4.78, 5) is 48.7. The number of rotatable bonds is 11. The Hall–Kier alpha value is -4.58. The van der Waals surface area contributed by atoms with Gasteiger partial charge in [-0.05, 0) is 56.0 Å². The number of aromatic nitrogens is 1. The maximum absolute atomic E-state index is 13.3. The van der Waals surface area contributed by atoms with Crippen molar-refractivity contribution in [3.8, 4) is 0 Å². The fraction of sp³-hybridized carbons (Fsp3) is 0.438. The van der Waals surface area contributed by atoms with Crippen LogP contribution >= 0.6 is 0 Å². The van der Waals surface area contributed by atoms with Crippen LogP contribution in [-0.2, 0) is 4.74 Å². The quantitative estimate of drug-likeness (QED) is 0.282. The van der Waals surface area contributed by atoms with Gasteiger partial charge in [-0.1, -0.05) is 18.2 Å². The largest absolute Gasteiger partial charge is 0.448 e. The number of nitrogens with zero attached hydrogens (tertiary/aromatic N) is 4. The number of benzene rings is 2. The number of cyclic esters (lactones) is 1. The lowest BCUT2D eigenvalue weighted by Crippen LogP contribution is -2.47. The van der Waals surface area contributed by atoms with Crippen LogP contribution in [0.5, 0.6) is 0 Å². The van der Waals surface area contributed by atoms with Gasteiger partial charge < -0.3 is 34.7 Å². The van der Waals surface area contributed by atoms with Crippen LogP contribution in [0.3, 0.4) is 0 Å². The molecule has 0 unspecified atom stereocenters. The number of amides is 3. The van der Waals surface area contributed by atoms with E-state index < -0.39 is 12.0 Å². The number of carbonyl (C=O) groups is 3. The molecule has 2 aromatic carbocycles. The zero-order valence-corrected chi connectivity index (χ0v) is 24.8. The molecule has 0 bridgehead atoms. The van der Waals surface area contributed by atoms with E-state index in [1.807, 2.05) is 12.1 Å². The molecular formula is C32H38N6O6. The van der Waals surface area contributed by atoms with E-state index >= 15 is 0 Å². The Labute approximate surface area is 256 Å². The summed E-state index contributed by atoms with van der Waals surface area (Å²) in [6.45, 7) is 5.91. The summed E-state index contributed by atoms with van der Waals surface area (Å²) in [6, 6.07) is 13.3. The number of carbonyl (C=O) groups excluding carboxylic acids is 3. The number of para-hydroxylation sites is 1. The molecule has 0 radical (unpaired) electrons. The molecule has 1 saturated carbocycles. The number of hydrogen-bond donors (Lipinski definition) is 3. The van der Waals surface area contributed by atoms with Crippen molar-refractivity contribution in [3.63, 3.8) is 0 Å². The SMILES string of the molecule is Cc1ccccc1N1CCN(c2ccc(C(=O)NCCCN3C(=O)OC[C@H]3CO)cc2NC(=O)c2coc(C3CC3)n2)CC1. The maximum Gasteiger partial charge on any atom is 0.410 e. The number of aliphatic hydroxyl groups is 1. The minimum absolute atomic E-state index is 0.166. The van der Waals surface area contributed by atoms with E-state index in [4.69, 9.17) is 9.15 Å². The number of aliphatic hydroxyl groups excluding tert-OH is 1. The van der Waals surface area contributed by atoms with Crippen LogP contribution in [-0.4, -0.2) is 91.4 Å². The highest BCUT2D eigenvalue weighted by atomic mass is 16.6. The zero-order chi connectivity index (χ0) is 30.6. The third-order valence-corrected chi connectivity index (χ3v) is 8.41. The highest BCUT2D eigenvalue weighted by Crippen LogP contribution is 2.39. The van der Waals surface area contributed by atoms with Crippen molar-refractivity contribution < 1.29 is 28.6 Å². The molecule has 2 saturated heterocycles. The summed E-state index contributed by atoms with van der Waals surface area (Å²) in [5, 5.41) is 15.3. The summed E-state index contributed by atoms with van der Waals surface area (Å²) in [7, 11) is 0. The first-order chi connectivity index (χ1) is 21.4. The predicted molar refractivity (Wildman–Crippen MR) is 164 cm³/mol. The summed E-state index contributed by atoms with van der Waals surface area (Å²) in [5.41, 5.74) is 4.41. The molecule has 3 aliphatic rings. The average Bonchev–Trinajstić information content (AvgIpc) is 3.66.